The highest BCUT2D eigenvalue weighted by atomic mass is 16.4. The van der Waals surface area contributed by atoms with Crippen LogP contribution in [0.15, 0.2) is 0 Å². The minimum atomic E-state index is -1.71. The predicted octanol–water partition coefficient (Wildman–Crippen LogP) is -6.41. The molecule has 0 saturated heterocycles. The molecule has 15 heteroatoms. The van der Waals surface area contributed by atoms with Gasteiger partial charge in [0.15, 0.2) is 0 Å². The first-order valence-electron chi connectivity index (χ1n) is 8.10. The van der Waals surface area contributed by atoms with E-state index in [9.17, 15) is 33.9 Å². The minimum Gasteiger partial charge on any atom is -0.480 e. The van der Waals surface area contributed by atoms with Crippen LogP contribution in [0.3, 0.4) is 0 Å². The van der Waals surface area contributed by atoms with Crippen molar-refractivity contribution in [3.63, 3.8) is 0 Å². The number of hydrogen-bond acceptors (Lipinski definition) is 9. The van der Waals surface area contributed by atoms with Crippen molar-refractivity contribution < 1.29 is 44.1 Å². The van der Waals surface area contributed by atoms with Gasteiger partial charge >= 0.3 is 5.97 Å². The first-order valence-corrected chi connectivity index (χ1v) is 8.10. The Bertz CT molecular complexity index is 655. The standard InChI is InChI=1S/C14H24N6O9/c15-5(1-9(16)23)11(25)19-7(3-21)13(27)18-6(2-10(17)24)12(26)20-8(4-22)14(28)29/h5-8,21-22H,1-4,15H2,(H2,16,23)(H2,17,24)(H,18,27)(H,19,25)(H,20,26)(H,28,29). The fourth-order valence-electron chi connectivity index (χ4n) is 1.92. The Balaban J connectivity index is 5.19. The molecule has 0 fully saturated rings. The maximum atomic E-state index is 12.2. The molecule has 0 aromatic rings. The van der Waals surface area contributed by atoms with Gasteiger partial charge < -0.3 is 48.5 Å². The molecule has 0 aliphatic carbocycles. The van der Waals surface area contributed by atoms with Gasteiger partial charge in [-0.2, -0.15) is 0 Å². The number of aliphatic hydroxyl groups excluding tert-OH is 2. The van der Waals surface area contributed by atoms with Crippen LogP contribution in [0, 0.1) is 0 Å². The normalized spacial score (nSPS) is 14.6. The van der Waals surface area contributed by atoms with E-state index in [0.29, 0.717) is 0 Å². The van der Waals surface area contributed by atoms with Crippen molar-refractivity contribution in [3.05, 3.63) is 0 Å². The van der Waals surface area contributed by atoms with E-state index in [2.05, 4.69) is 0 Å². The highest BCUT2D eigenvalue weighted by molar-refractivity contribution is 5.96. The van der Waals surface area contributed by atoms with Gasteiger partial charge in [0.25, 0.3) is 0 Å². The van der Waals surface area contributed by atoms with Crippen molar-refractivity contribution in [2.24, 2.45) is 17.2 Å². The molecule has 0 bridgehead atoms. The fourth-order valence-corrected chi connectivity index (χ4v) is 1.92. The number of primary amides is 2. The minimum absolute atomic E-state index is 0.532. The zero-order chi connectivity index (χ0) is 22.7. The Labute approximate surface area is 164 Å². The molecule has 0 heterocycles. The largest absolute Gasteiger partial charge is 0.480 e. The number of carboxylic acids is 1. The number of aliphatic carboxylic acids is 1. The Kier molecular flexibility index (Phi) is 10.8. The van der Waals surface area contributed by atoms with Gasteiger partial charge in [-0.25, -0.2) is 4.79 Å². The predicted molar refractivity (Wildman–Crippen MR) is 93.2 cm³/mol. The summed E-state index contributed by atoms with van der Waals surface area (Å²) in [6, 6.07) is -6.41. The summed E-state index contributed by atoms with van der Waals surface area (Å²) in [5, 5.41) is 33.0. The molecule has 0 aromatic carbocycles. The van der Waals surface area contributed by atoms with E-state index in [1.165, 1.54) is 0 Å². The van der Waals surface area contributed by atoms with E-state index in [0.717, 1.165) is 0 Å². The average molecular weight is 420 g/mol. The zero-order valence-electron chi connectivity index (χ0n) is 15.2. The van der Waals surface area contributed by atoms with E-state index in [1.54, 1.807) is 0 Å². The molecule has 0 rings (SSSR count). The van der Waals surface area contributed by atoms with Crippen LogP contribution in [0.2, 0.25) is 0 Å². The summed E-state index contributed by atoms with van der Waals surface area (Å²) in [5.41, 5.74) is 15.3. The van der Waals surface area contributed by atoms with Crippen LogP contribution in [0.25, 0.3) is 0 Å². The van der Waals surface area contributed by atoms with Gasteiger partial charge in [-0.05, 0) is 0 Å². The monoisotopic (exact) mass is 420 g/mol. The molecular weight excluding hydrogens is 396 g/mol. The van der Waals surface area contributed by atoms with E-state index < -0.39 is 85.7 Å². The third kappa shape index (κ3) is 9.45. The third-order valence-corrected chi connectivity index (χ3v) is 3.41. The van der Waals surface area contributed by atoms with E-state index in [4.69, 9.17) is 27.4 Å². The highest BCUT2D eigenvalue weighted by Gasteiger charge is 2.31. The summed E-state index contributed by atoms with van der Waals surface area (Å²) in [4.78, 5) is 69.0. The Morgan fingerprint density at radius 1 is 0.690 bits per heavy atom. The van der Waals surface area contributed by atoms with Crippen LogP contribution in [0.5, 0.6) is 0 Å². The van der Waals surface area contributed by atoms with Crippen LogP contribution in [0.1, 0.15) is 12.8 Å². The molecule has 164 valence electrons. The molecule has 0 spiro atoms. The smallest absolute Gasteiger partial charge is 0.328 e. The number of nitrogens with one attached hydrogen (secondary N) is 3. The number of hydrogen-bond donors (Lipinski definition) is 9. The van der Waals surface area contributed by atoms with E-state index in [1.807, 2.05) is 16.0 Å². The van der Waals surface area contributed by atoms with Gasteiger partial charge in [-0.3, -0.25) is 24.0 Å². The van der Waals surface area contributed by atoms with Crippen LogP contribution < -0.4 is 33.2 Å². The lowest BCUT2D eigenvalue weighted by Crippen LogP contribution is -2.59. The third-order valence-electron chi connectivity index (χ3n) is 3.41. The summed E-state index contributed by atoms with van der Waals surface area (Å²) < 4.78 is 0. The van der Waals surface area contributed by atoms with Crippen molar-refractivity contribution in [2.75, 3.05) is 13.2 Å². The van der Waals surface area contributed by atoms with Crippen LogP contribution >= 0.6 is 0 Å². The number of amides is 5. The van der Waals surface area contributed by atoms with Crippen LogP contribution in [-0.4, -0.2) is 88.2 Å². The van der Waals surface area contributed by atoms with E-state index >= 15 is 0 Å². The van der Waals surface area contributed by atoms with Crippen LogP contribution in [-0.2, 0) is 28.8 Å². The number of carboxylic acid groups (broad SMARTS) is 1. The van der Waals surface area contributed by atoms with Gasteiger partial charge in [-0.1, -0.05) is 0 Å². The lowest BCUT2D eigenvalue weighted by atomic mass is 10.1. The number of aliphatic hydroxyl groups is 2. The second-order valence-corrected chi connectivity index (χ2v) is 5.83. The fraction of sp³-hybridized carbons (Fsp3) is 0.571. The summed E-state index contributed by atoms with van der Waals surface area (Å²) in [6.07, 6.45) is -1.28. The molecule has 0 radical (unpaired) electrons. The second-order valence-electron chi connectivity index (χ2n) is 5.83. The van der Waals surface area contributed by atoms with Crippen LogP contribution in [0.4, 0.5) is 0 Å². The van der Waals surface area contributed by atoms with Gasteiger partial charge in [0.1, 0.15) is 18.1 Å². The first kappa shape index (κ1) is 25.7. The molecule has 29 heavy (non-hydrogen) atoms. The van der Waals surface area contributed by atoms with Crippen molar-refractivity contribution >= 4 is 35.5 Å². The SMILES string of the molecule is NC(=O)CC(N)C(=O)NC(CO)C(=O)NC(CC(N)=O)C(=O)NC(CO)C(=O)O. The van der Waals surface area contributed by atoms with Crippen molar-refractivity contribution in [1.29, 1.82) is 0 Å². The Morgan fingerprint density at radius 2 is 1.10 bits per heavy atom. The molecule has 0 aromatic heterocycles. The molecule has 0 aliphatic rings. The molecule has 0 aliphatic heterocycles. The molecule has 4 atom stereocenters. The number of carbonyl (C=O) groups excluding carboxylic acids is 5. The highest BCUT2D eigenvalue weighted by Crippen LogP contribution is 1.97. The zero-order valence-corrected chi connectivity index (χ0v) is 15.2. The first-order chi connectivity index (χ1) is 13.4. The summed E-state index contributed by atoms with van der Waals surface area (Å²) in [6.45, 7) is -1.91. The lowest BCUT2D eigenvalue weighted by molar-refractivity contribution is -0.143. The lowest BCUT2D eigenvalue weighted by Gasteiger charge is -2.23. The summed E-state index contributed by atoms with van der Waals surface area (Å²) in [7, 11) is 0. The average Bonchev–Trinajstić information content (AvgIpc) is 2.61. The molecular formula is C14H24N6O9. The number of rotatable bonds is 13. The molecule has 0 saturated carbocycles. The molecule has 5 amide bonds. The summed E-state index contributed by atoms with van der Waals surface area (Å²) in [5.74, 6) is -6.78. The number of carbonyl (C=O) groups is 6. The van der Waals surface area contributed by atoms with Gasteiger partial charge in [0.05, 0.1) is 32.1 Å². The second kappa shape index (κ2) is 12.2. The summed E-state index contributed by atoms with van der Waals surface area (Å²) >= 11 is 0. The molecule has 4 unspecified atom stereocenters. The van der Waals surface area contributed by atoms with Gasteiger partial charge in [0, 0.05) is 0 Å². The maximum Gasteiger partial charge on any atom is 0.328 e. The maximum absolute atomic E-state index is 12.2. The quantitative estimate of drug-likeness (QED) is 0.136. The van der Waals surface area contributed by atoms with Crippen molar-refractivity contribution in [1.82, 2.24) is 16.0 Å². The topological polar surface area (TPSA) is 277 Å². The van der Waals surface area contributed by atoms with Gasteiger partial charge in [0.2, 0.25) is 29.5 Å². The number of nitrogens with two attached hydrogens (primary N) is 3. The van der Waals surface area contributed by atoms with E-state index in [-0.39, 0.29) is 0 Å². The molecule has 12 N–H and O–H groups in total. The Morgan fingerprint density at radius 3 is 1.52 bits per heavy atom. The Hall–Kier alpha value is -3.30. The van der Waals surface area contributed by atoms with Gasteiger partial charge in [-0.15, -0.1) is 0 Å². The van der Waals surface area contributed by atoms with Crippen molar-refractivity contribution in [3.8, 4) is 0 Å². The van der Waals surface area contributed by atoms with Crippen molar-refractivity contribution in [2.45, 2.75) is 37.0 Å². The molecule has 15 nitrogen and oxygen atoms in total.